The Labute approximate surface area is 106 Å². The molecule has 18 heavy (non-hydrogen) atoms. The van der Waals surface area contributed by atoms with Crippen LogP contribution in [0.15, 0.2) is 29.6 Å². The molecule has 0 radical (unpaired) electrons. The van der Waals surface area contributed by atoms with Crippen LogP contribution in [0.4, 0.5) is 13.2 Å². The summed E-state index contributed by atoms with van der Waals surface area (Å²) in [4.78, 5) is 4.28. The summed E-state index contributed by atoms with van der Waals surface area (Å²) in [5.41, 5.74) is 6.34. The van der Waals surface area contributed by atoms with Crippen LogP contribution in [0.1, 0.15) is 23.5 Å². The van der Waals surface area contributed by atoms with Gasteiger partial charge < -0.3 is 5.73 Å². The zero-order valence-corrected chi connectivity index (χ0v) is 10.3. The van der Waals surface area contributed by atoms with Gasteiger partial charge in [-0.2, -0.15) is 13.2 Å². The van der Waals surface area contributed by atoms with Gasteiger partial charge in [-0.15, -0.1) is 11.3 Å². The van der Waals surface area contributed by atoms with Crippen molar-refractivity contribution in [2.24, 2.45) is 5.73 Å². The lowest BCUT2D eigenvalue weighted by Crippen LogP contribution is -2.04. The van der Waals surface area contributed by atoms with Gasteiger partial charge in [0.1, 0.15) is 5.01 Å². The molecule has 0 fully saturated rings. The van der Waals surface area contributed by atoms with E-state index >= 15 is 0 Å². The highest BCUT2D eigenvalue weighted by Crippen LogP contribution is 2.31. The van der Waals surface area contributed by atoms with Crippen LogP contribution < -0.4 is 5.73 Å². The predicted molar refractivity (Wildman–Crippen MR) is 65.2 cm³/mol. The number of nitrogens with zero attached hydrogens (tertiary/aromatic N) is 1. The molecule has 0 aliphatic heterocycles. The summed E-state index contributed by atoms with van der Waals surface area (Å²) < 4.78 is 37.2. The number of rotatable bonds is 2. The number of hydrogen-bond acceptors (Lipinski definition) is 3. The highest BCUT2D eigenvalue weighted by molar-refractivity contribution is 7.10. The average Bonchev–Trinajstić information content (AvgIpc) is 2.77. The zero-order chi connectivity index (χ0) is 13.3. The fourth-order valence-electron chi connectivity index (χ4n) is 1.46. The Morgan fingerprint density at radius 2 is 1.83 bits per heavy atom. The number of aromatic nitrogens is 1. The third-order valence-electron chi connectivity index (χ3n) is 2.42. The summed E-state index contributed by atoms with van der Waals surface area (Å²) in [7, 11) is 0. The lowest BCUT2D eigenvalue weighted by atomic mass is 10.1. The second kappa shape index (κ2) is 4.70. The van der Waals surface area contributed by atoms with Crippen molar-refractivity contribution in [2.75, 3.05) is 0 Å². The summed E-state index contributed by atoms with van der Waals surface area (Å²) in [6.07, 6.45) is -4.31. The number of nitrogens with two attached hydrogens (primary N) is 1. The molecule has 0 spiro atoms. The van der Waals surface area contributed by atoms with E-state index in [0.717, 1.165) is 17.1 Å². The molecule has 0 aliphatic rings. The second-order valence-electron chi connectivity index (χ2n) is 3.93. The second-order valence-corrected chi connectivity index (χ2v) is 4.82. The maximum absolute atomic E-state index is 12.4. The molecule has 2 N–H and O–H groups in total. The molecule has 1 unspecified atom stereocenters. The maximum atomic E-state index is 12.4. The summed E-state index contributed by atoms with van der Waals surface area (Å²) in [5, 5.41) is 2.56. The van der Waals surface area contributed by atoms with Crippen molar-refractivity contribution in [3.05, 3.63) is 40.2 Å². The molecule has 2 rings (SSSR count). The van der Waals surface area contributed by atoms with E-state index in [2.05, 4.69) is 4.98 Å². The van der Waals surface area contributed by atoms with Crippen molar-refractivity contribution < 1.29 is 13.2 Å². The number of thiazole rings is 1. The molecule has 0 amide bonds. The summed E-state index contributed by atoms with van der Waals surface area (Å²) >= 11 is 1.40. The Kier molecular flexibility index (Phi) is 3.41. The van der Waals surface area contributed by atoms with Crippen LogP contribution in [0, 0.1) is 0 Å². The Balaban J connectivity index is 2.29. The number of halogens is 3. The average molecular weight is 272 g/mol. The van der Waals surface area contributed by atoms with Crippen LogP contribution in [0.25, 0.3) is 11.3 Å². The van der Waals surface area contributed by atoms with Crippen LogP contribution in [0.3, 0.4) is 0 Å². The van der Waals surface area contributed by atoms with Crippen molar-refractivity contribution in [1.29, 1.82) is 0 Å². The lowest BCUT2D eigenvalue weighted by molar-refractivity contribution is -0.137. The van der Waals surface area contributed by atoms with Crippen LogP contribution in [0.2, 0.25) is 0 Å². The monoisotopic (exact) mass is 272 g/mol. The van der Waals surface area contributed by atoms with E-state index in [4.69, 9.17) is 5.73 Å². The third kappa shape index (κ3) is 2.70. The highest BCUT2D eigenvalue weighted by Gasteiger charge is 2.30. The smallest absolute Gasteiger partial charge is 0.322 e. The van der Waals surface area contributed by atoms with Crippen molar-refractivity contribution in [3.63, 3.8) is 0 Å². The Hall–Kier alpha value is -1.40. The standard InChI is InChI=1S/C12H11F3N2S/c1-7(16)11-17-10(6-18-11)8-2-4-9(5-3-8)12(13,14)15/h2-7H,16H2,1H3. The summed E-state index contributed by atoms with van der Waals surface area (Å²) in [6, 6.07) is 4.78. The molecule has 0 saturated heterocycles. The minimum atomic E-state index is -4.31. The molecule has 6 heteroatoms. The van der Waals surface area contributed by atoms with Gasteiger partial charge in [0, 0.05) is 10.9 Å². The van der Waals surface area contributed by atoms with Gasteiger partial charge >= 0.3 is 6.18 Å². The molecule has 96 valence electrons. The minimum Gasteiger partial charge on any atom is -0.322 e. The quantitative estimate of drug-likeness (QED) is 0.901. The van der Waals surface area contributed by atoms with E-state index < -0.39 is 11.7 Å². The molecule has 0 bridgehead atoms. The first-order valence-electron chi connectivity index (χ1n) is 5.26. The Morgan fingerprint density at radius 3 is 2.28 bits per heavy atom. The molecule has 2 nitrogen and oxygen atoms in total. The van der Waals surface area contributed by atoms with Gasteiger partial charge in [0.25, 0.3) is 0 Å². The van der Waals surface area contributed by atoms with E-state index in [1.54, 1.807) is 5.38 Å². The van der Waals surface area contributed by atoms with Crippen LogP contribution >= 0.6 is 11.3 Å². The Morgan fingerprint density at radius 1 is 1.22 bits per heavy atom. The van der Waals surface area contributed by atoms with Crippen molar-refractivity contribution in [3.8, 4) is 11.3 Å². The fourth-order valence-corrected chi connectivity index (χ4v) is 2.25. The summed E-state index contributed by atoms with van der Waals surface area (Å²) in [6.45, 7) is 1.81. The minimum absolute atomic E-state index is 0.168. The van der Waals surface area contributed by atoms with Crippen molar-refractivity contribution in [2.45, 2.75) is 19.1 Å². The highest BCUT2D eigenvalue weighted by atomic mass is 32.1. The first-order valence-corrected chi connectivity index (χ1v) is 6.14. The number of benzene rings is 1. The normalized spacial score (nSPS) is 13.6. The van der Waals surface area contributed by atoms with Gasteiger partial charge in [-0.25, -0.2) is 4.98 Å². The maximum Gasteiger partial charge on any atom is 0.416 e. The predicted octanol–water partition coefficient (Wildman–Crippen LogP) is 3.85. The largest absolute Gasteiger partial charge is 0.416 e. The van der Waals surface area contributed by atoms with Crippen LogP contribution in [-0.4, -0.2) is 4.98 Å². The molecular formula is C12H11F3N2S. The first-order chi connectivity index (χ1) is 8.38. The molecule has 1 heterocycles. The number of hydrogen-bond donors (Lipinski definition) is 1. The lowest BCUT2D eigenvalue weighted by Gasteiger charge is -2.06. The van der Waals surface area contributed by atoms with Crippen molar-refractivity contribution >= 4 is 11.3 Å². The topological polar surface area (TPSA) is 38.9 Å². The molecule has 2 aromatic rings. The van der Waals surface area contributed by atoms with E-state index in [9.17, 15) is 13.2 Å². The first kappa shape index (κ1) is 13.0. The molecule has 1 aromatic heterocycles. The van der Waals surface area contributed by atoms with Gasteiger partial charge in [-0.05, 0) is 19.1 Å². The zero-order valence-electron chi connectivity index (χ0n) is 9.53. The summed E-state index contributed by atoms with van der Waals surface area (Å²) in [5.74, 6) is 0. The molecular weight excluding hydrogens is 261 g/mol. The van der Waals surface area contributed by atoms with E-state index in [1.165, 1.54) is 23.5 Å². The molecule has 1 atom stereocenters. The molecule has 0 saturated carbocycles. The molecule has 1 aromatic carbocycles. The number of alkyl halides is 3. The fraction of sp³-hybridized carbons (Fsp3) is 0.250. The van der Waals surface area contributed by atoms with Gasteiger partial charge in [0.05, 0.1) is 17.3 Å². The van der Waals surface area contributed by atoms with Gasteiger partial charge in [0.2, 0.25) is 0 Å². The van der Waals surface area contributed by atoms with E-state index in [-0.39, 0.29) is 6.04 Å². The van der Waals surface area contributed by atoms with Crippen LogP contribution in [-0.2, 0) is 6.18 Å². The van der Waals surface area contributed by atoms with Gasteiger partial charge in [-0.1, -0.05) is 12.1 Å². The third-order valence-corrected chi connectivity index (χ3v) is 3.47. The van der Waals surface area contributed by atoms with E-state index in [1.807, 2.05) is 6.92 Å². The SMILES string of the molecule is CC(N)c1nc(-c2ccc(C(F)(F)F)cc2)cs1. The molecule has 0 aliphatic carbocycles. The van der Waals surface area contributed by atoms with Crippen LogP contribution in [0.5, 0.6) is 0 Å². The van der Waals surface area contributed by atoms with Gasteiger partial charge in [-0.3, -0.25) is 0 Å². The van der Waals surface area contributed by atoms with Gasteiger partial charge in [0.15, 0.2) is 0 Å². The van der Waals surface area contributed by atoms with Crippen molar-refractivity contribution in [1.82, 2.24) is 4.98 Å². The van der Waals surface area contributed by atoms with E-state index in [0.29, 0.717) is 11.3 Å². The Bertz CT molecular complexity index is 529.